The summed E-state index contributed by atoms with van der Waals surface area (Å²) in [6, 6.07) is 8.22. The SMILES string of the molecule is COc1ccc(C(=O)N2CCC([NH+]3CCCCCC3)CC2)cc1. The van der Waals surface area contributed by atoms with Crippen LogP contribution >= 0.6 is 0 Å². The van der Waals surface area contributed by atoms with Gasteiger partial charge in [-0.1, -0.05) is 0 Å². The Hall–Kier alpha value is -1.55. The first-order valence-corrected chi connectivity index (χ1v) is 9.06. The molecule has 2 aliphatic rings. The van der Waals surface area contributed by atoms with Gasteiger partial charge in [0, 0.05) is 31.5 Å². The number of amides is 1. The van der Waals surface area contributed by atoms with Crippen LogP contribution in [0.5, 0.6) is 5.75 Å². The van der Waals surface area contributed by atoms with Gasteiger partial charge in [0.15, 0.2) is 0 Å². The number of rotatable bonds is 3. The number of nitrogens with zero attached hydrogens (tertiary/aromatic N) is 1. The van der Waals surface area contributed by atoms with Crippen molar-refractivity contribution < 1.29 is 14.4 Å². The predicted octanol–water partition coefficient (Wildman–Crippen LogP) is 1.76. The molecule has 0 atom stereocenters. The number of nitrogens with one attached hydrogen (secondary N) is 1. The summed E-state index contributed by atoms with van der Waals surface area (Å²) in [5.74, 6) is 0.960. The highest BCUT2D eigenvalue weighted by Gasteiger charge is 2.30. The summed E-state index contributed by atoms with van der Waals surface area (Å²) < 4.78 is 5.16. The van der Waals surface area contributed by atoms with E-state index < -0.39 is 0 Å². The number of piperidine rings is 1. The van der Waals surface area contributed by atoms with Gasteiger partial charge in [-0.3, -0.25) is 4.79 Å². The van der Waals surface area contributed by atoms with E-state index >= 15 is 0 Å². The number of quaternary nitrogens is 1. The molecular formula is C19H29N2O2+. The van der Waals surface area contributed by atoms with Crippen LogP contribution in [0.2, 0.25) is 0 Å². The average molecular weight is 317 g/mol. The summed E-state index contributed by atoms with van der Waals surface area (Å²) in [6.07, 6.45) is 7.85. The third kappa shape index (κ3) is 4.05. The first-order chi connectivity index (χ1) is 11.3. The smallest absolute Gasteiger partial charge is 0.253 e. The molecule has 2 fully saturated rings. The molecule has 0 spiro atoms. The molecule has 0 unspecified atom stereocenters. The van der Waals surface area contributed by atoms with Crippen LogP contribution < -0.4 is 9.64 Å². The van der Waals surface area contributed by atoms with E-state index in [2.05, 4.69) is 0 Å². The molecule has 2 saturated heterocycles. The maximum Gasteiger partial charge on any atom is 0.253 e. The predicted molar refractivity (Wildman–Crippen MR) is 91.1 cm³/mol. The van der Waals surface area contributed by atoms with Gasteiger partial charge in [-0.05, 0) is 49.9 Å². The zero-order valence-corrected chi connectivity index (χ0v) is 14.2. The molecule has 0 aliphatic carbocycles. The fourth-order valence-electron chi connectivity index (χ4n) is 4.00. The number of hydrogen-bond acceptors (Lipinski definition) is 2. The number of ether oxygens (including phenoxy) is 1. The third-order valence-electron chi connectivity index (χ3n) is 5.44. The zero-order chi connectivity index (χ0) is 16.1. The van der Waals surface area contributed by atoms with E-state index in [1.54, 1.807) is 12.0 Å². The average Bonchev–Trinajstić information content (AvgIpc) is 2.91. The normalized spacial score (nSPS) is 21.0. The lowest BCUT2D eigenvalue weighted by Crippen LogP contribution is -3.16. The van der Waals surface area contributed by atoms with Crippen LogP contribution in [0.1, 0.15) is 48.9 Å². The molecule has 0 bridgehead atoms. The molecule has 3 rings (SSSR count). The quantitative estimate of drug-likeness (QED) is 0.922. The number of carbonyl (C=O) groups excluding carboxylic acids is 1. The highest BCUT2D eigenvalue weighted by atomic mass is 16.5. The summed E-state index contributed by atoms with van der Waals surface area (Å²) in [6.45, 7) is 4.46. The number of hydrogen-bond donors (Lipinski definition) is 1. The van der Waals surface area contributed by atoms with Crippen LogP contribution in [0, 0.1) is 0 Å². The van der Waals surface area contributed by atoms with Crippen molar-refractivity contribution in [1.82, 2.24) is 4.90 Å². The van der Waals surface area contributed by atoms with Crippen LogP contribution in [0.3, 0.4) is 0 Å². The summed E-state index contributed by atoms with van der Waals surface area (Å²) in [4.78, 5) is 16.4. The number of benzene rings is 1. The summed E-state index contributed by atoms with van der Waals surface area (Å²) in [7, 11) is 1.65. The van der Waals surface area contributed by atoms with Crippen molar-refractivity contribution in [1.29, 1.82) is 0 Å². The molecule has 0 radical (unpaired) electrons. The van der Waals surface area contributed by atoms with Crippen molar-refractivity contribution in [3.8, 4) is 5.75 Å². The molecular weight excluding hydrogens is 288 g/mol. The van der Waals surface area contributed by atoms with Crippen LogP contribution in [-0.4, -0.2) is 50.1 Å². The van der Waals surface area contributed by atoms with E-state index in [9.17, 15) is 4.79 Å². The monoisotopic (exact) mass is 317 g/mol. The Morgan fingerprint density at radius 1 is 1.04 bits per heavy atom. The van der Waals surface area contributed by atoms with Crippen molar-refractivity contribution in [3.05, 3.63) is 29.8 Å². The topological polar surface area (TPSA) is 34.0 Å². The molecule has 0 aromatic heterocycles. The second-order valence-corrected chi connectivity index (χ2v) is 6.87. The van der Waals surface area contributed by atoms with Gasteiger partial charge in [-0.15, -0.1) is 0 Å². The molecule has 0 saturated carbocycles. The fourth-order valence-corrected chi connectivity index (χ4v) is 4.00. The Morgan fingerprint density at radius 2 is 1.65 bits per heavy atom. The molecule has 1 amide bonds. The molecule has 4 heteroatoms. The van der Waals surface area contributed by atoms with Gasteiger partial charge >= 0.3 is 0 Å². The van der Waals surface area contributed by atoms with E-state index in [1.165, 1.54) is 38.8 Å². The van der Waals surface area contributed by atoms with E-state index in [0.717, 1.165) is 43.3 Å². The largest absolute Gasteiger partial charge is 0.497 e. The maximum atomic E-state index is 12.6. The Morgan fingerprint density at radius 3 is 2.22 bits per heavy atom. The van der Waals surface area contributed by atoms with Crippen molar-refractivity contribution in [2.45, 2.75) is 44.6 Å². The first-order valence-electron chi connectivity index (χ1n) is 9.06. The number of likely N-dealkylation sites (tertiary alicyclic amines) is 2. The summed E-state index contributed by atoms with van der Waals surface area (Å²) >= 11 is 0. The molecule has 4 nitrogen and oxygen atoms in total. The second kappa shape index (κ2) is 7.82. The zero-order valence-electron chi connectivity index (χ0n) is 14.2. The Bertz CT molecular complexity index is 499. The van der Waals surface area contributed by atoms with Crippen LogP contribution in [-0.2, 0) is 0 Å². The minimum absolute atomic E-state index is 0.164. The first kappa shape index (κ1) is 16.3. The molecule has 2 heterocycles. The number of methoxy groups -OCH3 is 1. The van der Waals surface area contributed by atoms with Crippen molar-refractivity contribution in [2.24, 2.45) is 0 Å². The lowest BCUT2D eigenvalue weighted by atomic mass is 10.0. The standard InChI is InChI=1S/C19H28N2O2/c1-23-18-8-6-16(7-9-18)19(22)21-14-10-17(11-15-21)20-12-4-2-3-5-13-20/h6-9,17H,2-5,10-15H2,1H3/p+1. The maximum absolute atomic E-state index is 12.6. The lowest BCUT2D eigenvalue weighted by Gasteiger charge is -2.36. The highest BCUT2D eigenvalue weighted by molar-refractivity contribution is 5.94. The van der Waals surface area contributed by atoms with Crippen molar-refractivity contribution in [2.75, 3.05) is 33.3 Å². The summed E-state index contributed by atoms with van der Waals surface area (Å²) in [5.41, 5.74) is 0.770. The summed E-state index contributed by atoms with van der Waals surface area (Å²) in [5, 5.41) is 0. The van der Waals surface area contributed by atoms with Crippen LogP contribution in [0.15, 0.2) is 24.3 Å². The van der Waals surface area contributed by atoms with Crippen LogP contribution in [0.4, 0.5) is 0 Å². The van der Waals surface area contributed by atoms with Gasteiger partial charge in [0.05, 0.1) is 26.2 Å². The lowest BCUT2D eigenvalue weighted by molar-refractivity contribution is -0.926. The van der Waals surface area contributed by atoms with E-state index in [1.807, 2.05) is 29.2 Å². The minimum atomic E-state index is 0.164. The molecule has 1 aromatic rings. The van der Waals surface area contributed by atoms with Gasteiger partial charge in [0.1, 0.15) is 5.75 Å². The van der Waals surface area contributed by atoms with Gasteiger partial charge in [0.25, 0.3) is 5.91 Å². The third-order valence-corrected chi connectivity index (χ3v) is 5.44. The Balaban J connectivity index is 1.54. The molecule has 1 aromatic carbocycles. The molecule has 1 N–H and O–H groups in total. The van der Waals surface area contributed by atoms with Gasteiger partial charge < -0.3 is 14.5 Å². The van der Waals surface area contributed by atoms with Gasteiger partial charge in [-0.25, -0.2) is 0 Å². The van der Waals surface area contributed by atoms with Gasteiger partial charge in [0.2, 0.25) is 0 Å². The van der Waals surface area contributed by atoms with Crippen LogP contribution in [0.25, 0.3) is 0 Å². The Kier molecular flexibility index (Phi) is 5.55. The molecule has 23 heavy (non-hydrogen) atoms. The van der Waals surface area contributed by atoms with Gasteiger partial charge in [-0.2, -0.15) is 0 Å². The van der Waals surface area contributed by atoms with Crippen molar-refractivity contribution >= 4 is 5.91 Å². The van der Waals surface area contributed by atoms with Crippen molar-refractivity contribution in [3.63, 3.8) is 0 Å². The van der Waals surface area contributed by atoms with E-state index in [0.29, 0.717) is 0 Å². The molecule has 126 valence electrons. The second-order valence-electron chi connectivity index (χ2n) is 6.87. The van der Waals surface area contributed by atoms with E-state index in [-0.39, 0.29) is 5.91 Å². The number of carbonyl (C=O) groups is 1. The highest BCUT2D eigenvalue weighted by Crippen LogP contribution is 2.16. The molecule has 2 aliphatic heterocycles. The minimum Gasteiger partial charge on any atom is -0.497 e. The van der Waals surface area contributed by atoms with E-state index in [4.69, 9.17) is 4.74 Å². The fraction of sp³-hybridized carbons (Fsp3) is 0.632. The Labute approximate surface area is 139 Å².